The van der Waals surface area contributed by atoms with Crippen LogP contribution in [0.25, 0.3) is 0 Å². The van der Waals surface area contributed by atoms with Crippen LogP contribution in [0.5, 0.6) is 0 Å². The second-order valence-corrected chi connectivity index (χ2v) is 8.07. The van der Waals surface area contributed by atoms with Gasteiger partial charge in [0, 0.05) is 38.7 Å². The van der Waals surface area contributed by atoms with Gasteiger partial charge < -0.3 is 14.6 Å². The van der Waals surface area contributed by atoms with Crippen molar-refractivity contribution < 1.29 is 9.53 Å². The summed E-state index contributed by atoms with van der Waals surface area (Å²) < 4.78 is 7.31. The zero-order valence-corrected chi connectivity index (χ0v) is 17.7. The molecule has 2 aromatic rings. The van der Waals surface area contributed by atoms with Crippen molar-refractivity contribution in [2.75, 3.05) is 13.1 Å². The number of carbonyl (C=O) groups is 1. The van der Waals surface area contributed by atoms with Gasteiger partial charge in [0.15, 0.2) is 0 Å². The molecule has 7 nitrogen and oxygen atoms in total. The number of nitrogens with one attached hydrogen (secondary N) is 1. The molecule has 0 bridgehead atoms. The molecule has 2 aromatic heterocycles. The SMILES string of the molecule is Cc1cccnc1CN(CCCCNC(=O)OC(C)(C)C)Cc1nccn1C. The number of ether oxygens (including phenoxy) is 1. The standard InChI is InChI=1S/C21H33N5O2/c1-17-9-8-11-22-18(17)15-26(16-19-23-12-14-25(19)5)13-7-6-10-24-20(27)28-21(2,3)4/h8-9,11-12,14H,6-7,10,13,15-16H2,1-5H3,(H,24,27). The van der Waals surface area contributed by atoms with E-state index in [0.717, 1.165) is 44.0 Å². The number of pyridine rings is 1. The molecule has 0 aliphatic heterocycles. The van der Waals surface area contributed by atoms with Gasteiger partial charge in [-0.3, -0.25) is 9.88 Å². The van der Waals surface area contributed by atoms with E-state index in [4.69, 9.17) is 4.74 Å². The van der Waals surface area contributed by atoms with Crippen molar-refractivity contribution in [2.45, 2.75) is 59.2 Å². The molecule has 0 saturated carbocycles. The first-order valence-corrected chi connectivity index (χ1v) is 9.80. The van der Waals surface area contributed by atoms with Crippen LogP contribution in [0.3, 0.4) is 0 Å². The Bertz CT molecular complexity index is 751. The van der Waals surface area contributed by atoms with Crippen LogP contribution < -0.4 is 5.32 Å². The summed E-state index contributed by atoms with van der Waals surface area (Å²) >= 11 is 0. The summed E-state index contributed by atoms with van der Waals surface area (Å²) in [6.07, 6.45) is 7.12. The average molecular weight is 388 g/mol. The lowest BCUT2D eigenvalue weighted by Gasteiger charge is -2.23. The average Bonchev–Trinajstić information content (AvgIpc) is 2.99. The molecule has 154 valence electrons. The summed E-state index contributed by atoms with van der Waals surface area (Å²) in [7, 11) is 2.01. The minimum atomic E-state index is -0.469. The molecule has 0 aliphatic carbocycles. The molecule has 0 unspecified atom stereocenters. The highest BCUT2D eigenvalue weighted by atomic mass is 16.6. The zero-order chi connectivity index (χ0) is 20.6. The Morgan fingerprint density at radius 2 is 2.00 bits per heavy atom. The predicted octanol–water partition coefficient (Wildman–Crippen LogP) is 3.43. The maximum Gasteiger partial charge on any atom is 0.407 e. The number of alkyl carbamates (subject to hydrolysis) is 1. The Morgan fingerprint density at radius 1 is 1.21 bits per heavy atom. The molecule has 0 aliphatic rings. The normalized spacial score (nSPS) is 11.6. The largest absolute Gasteiger partial charge is 0.444 e. The van der Waals surface area contributed by atoms with Crippen molar-refractivity contribution in [3.8, 4) is 0 Å². The minimum Gasteiger partial charge on any atom is -0.444 e. The molecule has 0 spiro atoms. The fraction of sp³-hybridized carbons (Fsp3) is 0.571. The Hall–Kier alpha value is -2.41. The van der Waals surface area contributed by atoms with Crippen molar-refractivity contribution >= 4 is 6.09 Å². The van der Waals surface area contributed by atoms with Gasteiger partial charge in [0.05, 0.1) is 12.2 Å². The maximum atomic E-state index is 11.7. The predicted molar refractivity (Wildman–Crippen MR) is 110 cm³/mol. The Kier molecular flexibility index (Phi) is 7.99. The van der Waals surface area contributed by atoms with Crippen LogP contribution in [0.2, 0.25) is 0 Å². The number of aryl methyl sites for hydroxylation is 2. The third-order valence-electron chi connectivity index (χ3n) is 4.35. The molecular weight excluding hydrogens is 354 g/mol. The van der Waals surface area contributed by atoms with Crippen LogP contribution in [-0.2, 0) is 24.9 Å². The second-order valence-electron chi connectivity index (χ2n) is 8.07. The molecule has 7 heteroatoms. The van der Waals surface area contributed by atoms with Crippen molar-refractivity contribution in [3.05, 3.63) is 47.8 Å². The smallest absolute Gasteiger partial charge is 0.407 e. The summed E-state index contributed by atoms with van der Waals surface area (Å²) in [4.78, 5) is 23.1. The van der Waals surface area contributed by atoms with E-state index in [1.54, 1.807) is 0 Å². The van der Waals surface area contributed by atoms with Gasteiger partial charge in [-0.15, -0.1) is 0 Å². The molecule has 2 heterocycles. The highest BCUT2D eigenvalue weighted by Crippen LogP contribution is 2.12. The van der Waals surface area contributed by atoms with Gasteiger partial charge in [0.1, 0.15) is 11.4 Å². The first-order chi connectivity index (χ1) is 13.2. The van der Waals surface area contributed by atoms with Crippen molar-refractivity contribution in [1.82, 2.24) is 24.8 Å². The number of imidazole rings is 1. The fourth-order valence-corrected chi connectivity index (χ4v) is 2.82. The van der Waals surface area contributed by atoms with Gasteiger partial charge in [0.2, 0.25) is 0 Å². The third kappa shape index (κ3) is 7.68. The molecule has 0 atom stereocenters. The van der Waals surface area contributed by atoms with E-state index in [-0.39, 0.29) is 6.09 Å². The summed E-state index contributed by atoms with van der Waals surface area (Å²) in [5.74, 6) is 1.03. The first-order valence-electron chi connectivity index (χ1n) is 9.80. The number of hydrogen-bond acceptors (Lipinski definition) is 5. The number of rotatable bonds is 9. The third-order valence-corrected chi connectivity index (χ3v) is 4.35. The number of hydrogen-bond donors (Lipinski definition) is 1. The lowest BCUT2D eigenvalue weighted by atomic mass is 10.2. The van der Waals surface area contributed by atoms with Crippen LogP contribution in [0.15, 0.2) is 30.7 Å². The molecule has 0 radical (unpaired) electrons. The summed E-state index contributed by atoms with van der Waals surface area (Å²) in [5.41, 5.74) is 1.81. The zero-order valence-electron chi connectivity index (χ0n) is 17.7. The van der Waals surface area contributed by atoms with Crippen LogP contribution in [0, 0.1) is 6.92 Å². The molecule has 1 N–H and O–H groups in total. The van der Waals surface area contributed by atoms with Crippen LogP contribution in [0.4, 0.5) is 4.79 Å². The number of aromatic nitrogens is 3. The molecular formula is C21H33N5O2. The highest BCUT2D eigenvalue weighted by Gasteiger charge is 2.16. The van der Waals surface area contributed by atoms with E-state index in [2.05, 4.69) is 33.2 Å². The maximum absolute atomic E-state index is 11.7. The fourth-order valence-electron chi connectivity index (χ4n) is 2.82. The van der Waals surface area contributed by atoms with Crippen LogP contribution in [-0.4, -0.2) is 44.2 Å². The van der Waals surface area contributed by atoms with Crippen LogP contribution >= 0.6 is 0 Å². The minimum absolute atomic E-state index is 0.360. The number of unbranched alkanes of at least 4 members (excludes halogenated alkanes) is 1. The van der Waals surface area contributed by atoms with Gasteiger partial charge in [-0.05, 0) is 58.7 Å². The Labute approximate surface area is 168 Å². The Morgan fingerprint density at radius 3 is 2.64 bits per heavy atom. The summed E-state index contributed by atoms with van der Waals surface area (Å²) in [5, 5.41) is 2.82. The lowest BCUT2D eigenvalue weighted by molar-refractivity contribution is 0.0526. The Balaban J connectivity index is 1.85. The quantitative estimate of drug-likeness (QED) is 0.668. The molecule has 0 saturated heterocycles. The van der Waals surface area contributed by atoms with Crippen LogP contribution in [0.1, 0.15) is 50.7 Å². The van der Waals surface area contributed by atoms with Gasteiger partial charge in [-0.2, -0.15) is 0 Å². The van der Waals surface area contributed by atoms with E-state index in [0.29, 0.717) is 6.54 Å². The van der Waals surface area contributed by atoms with E-state index in [9.17, 15) is 4.79 Å². The summed E-state index contributed by atoms with van der Waals surface area (Å²) in [6, 6.07) is 4.05. The second kappa shape index (κ2) is 10.2. The molecule has 28 heavy (non-hydrogen) atoms. The van der Waals surface area contributed by atoms with Gasteiger partial charge >= 0.3 is 6.09 Å². The van der Waals surface area contributed by atoms with Gasteiger partial charge in [-0.1, -0.05) is 6.07 Å². The first kappa shape index (κ1) is 21.9. The monoisotopic (exact) mass is 387 g/mol. The number of nitrogens with zero attached hydrogens (tertiary/aromatic N) is 4. The van der Waals surface area contributed by atoms with Crippen molar-refractivity contribution in [1.29, 1.82) is 0 Å². The van der Waals surface area contributed by atoms with E-state index in [1.165, 1.54) is 5.56 Å². The van der Waals surface area contributed by atoms with Crippen molar-refractivity contribution in [3.63, 3.8) is 0 Å². The number of carbonyl (C=O) groups excluding carboxylic acids is 1. The molecule has 0 fully saturated rings. The number of amides is 1. The molecule has 1 amide bonds. The summed E-state index contributed by atoms with van der Waals surface area (Å²) in [6.45, 7) is 10.7. The topological polar surface area (TPSA) is 72.3 Å². The van der Waals surface area contributed by atoms with E-state index < -0.39 is 5.60 Å². The van der Waals surface area contributed by atoms with Gasteiger partial charge in [0.25, 0.3) is 0 Å². The van der Waals surface area contributed by atoms with E-state index in [1.807, 2.05) is 57.0 Å². The van der Waals surface area contributed by atoms with E-state index >= 15 is 0 Å². The lowest BCUT2D eigenvalue weighted by Crippen LogP contribution is -2.33. The van der Waals surface area contributed by atoms with Crippen molar-refractivity contribution in [2.24, 2.45) is 7.05 Å². The molecule has 0 aromatic carbocycles. The highest BCUT2D eigenvalue weighted by molar-refractivity contribution is 5.67. The van der Waals surface area contributed by atoms with Gasteiger partial charge in [-0.25, -0.2) is 9.78 Å². The molecule has 2 rings (SSSR count).